The molecule has 1 saturated heterocycles. The molecule has 0 atom stereocenters. The summed E-state index contributed by atoms with van der Waals surface area (Å²) in [6.07, 6.45) is 2.54. The van der Waals surface area contributed by atoms with Crippen LogP contribution < -0.4 is 0 Å². The van der Waals surface area contributed by atoms with Gasteiger partial charge in [-0.25, -0.2) is 4.31 Å². The molecule has 1 rings (SSSR count). The first-order chi connectivity index (χ1) is 4.64. The predicted octanol–water partition coefficient (Wildman–Crippen LogP) is 2.91. The van der Waals surface area contributed by atoms with Crippen LogP contribution in [0.15, 0.2) is 0 Å². The van der Waals surface area contributed by atoms with Gasteiger partial charge in [-0.1, -0.05) is 13.8 Å². The molecule has 3 heteroatoms. The summed E-state index contributed by atoms with van der Waals surface area (Å²) in [7, 11) is 5.62. The molecule has 0 aromatic carbocycles. The second kappa shape index (κ2) is 3.33. The Morgan fingerprint density at radius 2 is 1.80 bits per heavy atom. The quantitative estimate of drug-likeness (QED) is 0.570. The number of rotatable bonds is 1. The lowest BCUT2D eigenvalue weighted by Gasteiger charge is -2.34. The van der Waals surface area contributed by atoms with Gasteiger partial charge in [0, 0.05) is 24.3 Å². The van der Waals surface area contributed by atoms with Gasteiger partial charge in [-0.3, -0.25) is 0 Å². The molecule has 0 saturated carbocycles. The molecular formula is C7H14ClNS. The van der Waals surface area contributed by atoms with E-state index in [1.165, 1.54) is 24.0 Å². The zero-order valence-electron chi connectivity index (χ0n) is 6.56. The minimum atomic E-state index is 0.545. The first-order valence-electron chi connectivity index (χ1n) is 3.68. The van der Waals surface area contributed by atoms with Crippen molar-refractivity contribution in [3.8, 4) is 0 Å². The Bertz CT molecular complexity index is 106. The second-order valence-corrected chi connectivity index (χ2v) is 4.73. The predicted molar refractivity (Wildman–Crippen MR) is 48.0 cm³/mol. The third-order valence-corrected chi connectivity index (χ3v) is 3.32. The molecule has 0 bridgehead atoms. The molecule has 0 amide bonds. The smallest absolute Gasteiger partial charge is 0.0307 e. The number of hydrogen-bond acceptors (Lipinski definition) is 2. The van der Waals surface area contributed by atoms with Gasteiger partial charge in [-0.15, -0.1) is 0 Å². The molecule has 0 aromatic rings. The maximum Gasteiger partial charge on any atom is 0.0307 e. The van der Waals surface area contributed by atoms with Gasteiger partial charge >= 0.3 is 0 Å². The van der Waals surface area contributed by atoms with Gasteiger partial charge in [0.15, 0.2) is 0 Å². The van der Waals surface area contributed by atoms with Crippen LogP contribution in [0.5, 0.6) is 0 Å². The summed E-state index contributed by atoms with van der Waals surface area (Å²) in [5.41, 5.74) is 0.545. The lowest BCUT2D eigenvalue weighted by molar-refractivity contribution is 0.206. The van der Waals surface area contributed by atoms with Crippen LogP contribution in [0, 0.1) is 5.41 Å². The van der Waals surface area contributed by atoms with Gasteiger partial charge in [-0.2, -0.15) is 0 Å². The SMILES string of the molecule is CC1(C)CCN(SCl)CC1. The number of piperidine rings is 1. The molecular weight excluding hydrogens is 166 g/mol. The summed E-state index contributed by atoms with van der Waals surface area (Å²) < 4.78 is 2.22. The number of halogens is 1. The second-order valence-electron chi connectivity index (χ2n) is 3.66. The van der Waals surface area contributed by atoms with Crippen molar-refractivity contribution in [2.75, 3.05) is 13.1 Å². The van der Waals surface area contributed by atoms with Gasteiger partial charge < -0.3 is 0 Å². The topological polar surface area (TPSA) is 3.24 Å². The molecule has 60 valence electrons. The average molecular weight is 180 g/mol. The summed E-state index contributed by atoms with van der Waals surface area (Å²) in [6.45, 7) is 6.93. The normalized spacial score (nSPS) is 26.7. The van der Waals surface area contributed by atoms with E-state index < -0.39 is 0 Å². The van der Waals surface area contributed by atoms with E-state index >= 15 is 0 Å². The van der Waals surface area contributed by atoms with Crippen molar-refractivity contribution in [2.45, 2.75) is 26.7 Å². The molecule has 1 heterocycles. The van der Waals surface area contributed by atoms with Gasteiger partial charge in [0.2, 0.25) is 0 Å². The largest absolute Gasteiger partial charge is 0.237 e. The maximum absolute atomic E-state index is 5.62. The Kier molecular flexibility index (Phi) is 2.90. The van der Waals surface area contributed by atoms with Gasteiger partial charge in [0.25, 0.3) is 0 Å². The summed E-state index contributed by atoms with van der Waals surface area (Å²) in [5.74, 6) is 0. The number of nitrogens with zero attached hydrogens (tertiary/aromatic N) is 1. The fraction of sp³-hybridized carbons (Fsp3) is 1.00. The van der Waals surface area contributed by atoms with Crippen LogP contribution in [-0.4, -0.2) is 17.4 Å². The van der Waals surface area contributed by atoms with E-state index in [9.17, 15) is 0 Å². The molecule has 10 heavy (non-hydrogen) atoms. The van der Waals surface area contributed by atoms with Crippen molar-refractivity contribution in [3.05, 3.63) is 0 Å². The Hall–Kier alpha value is 0.600. The maximum atomic E-state index is 5.62. The molecule has 0 N–H and O–H groups in total. The molecule has 0 aromatic heterocycles. The lowest BCUT2D eigenvalue weighted by Crippen LogP contribution is -2.32. The van der Waals surface area contributed by atoms with Crippen molar-refractivity contribution in [1.82, 2.24) is 4.31 Å². The van der Waals surface area contributed by atoms with Crippen molar-refractivity contribution in [2.24, 2.45) is 5.41 Å². The Labute approximate surface area is 71.7 Å². The lowest BCUT2D eigenvalue weighted by atomic mass is 9.83. The van der Waals surface area contributed by atoms with Gasteiger partial charge in [0.05, 0.1) is 0 Å². The van der Waals surface area contributed by atoms with Crippen molar-refractivity contribution >= 4 is 21.8 Å². The molecule has 0 spiro atoms. The Morgan fingerprint density at radius 3 is 2.20 bits per heavy atom. The third kappa shape index (κ3) is 2.33. The van der Waals surface area contributed by atoms with Crippen molar-refractivity contribution in [3.63, 3.8) is 0 Å². The summed E-state index contributed by atoms with van der Waals surface area (Å²) in [5, 5.41) is 0. The minimum Gasteiger partial charge on any atom is -0.237 e. The highest BCUT2D eigenvalue weighted by Gasteiger charge is 2.24. The Balaban J connectivity index is 2.31. The summed E-state index contributed by atoms with van der Waals surface area (Å²) >= 11 is 1.35. The van der Waals surface area contributed by atoms with Crippen molar-refractivity contribution in [1.29, 1.82) is 0 Å². The van der Waals surface area contributed by atoms with Crippen LogP contribution in [0.4, 0.5) is 0 Å². The van der Waals surface area contributed by atoms with Crippen LogP contribution in [0.25, 0.3) is 0 Å². The summed E-state index contributed by atoms with van der Waals surface area (Å²) in [4.78, 5) is 0. The first-order valence-corrected chi connectivity index (χ1v) is 5.28. The zero-order chi connectivity index (χ0) is 7.61. The molecule has 1 nitrogen and oxygen atoms in total. The van der Waals surface area contributed by atoms with Gasteiger partial charge in [0.1, 0.15) is 0 Å². The van der Waals surface area contributed by atoms with E-state index in [0.29, 0.717) is 5.41 Å². The standard InChI is InChI=1S/C7H14ClNS/c1-7(2)3-5-9(10-8)6-4-7/h3-6H2,1-2H3. The number of hydrogen-bond donors (Lipinski definition) is 0. The minimum absolute atomic E-state index is 0.545. The highest BCUT2D eigenvalue weighted by molar-refractivity contribution is 8.19. The fourth-order valence-corrected chi connectivity index (χ4v) is 1.90. The molecule has 0 aliphatic carbocycles. The molecule has 1 aliphatic rings. The van der Waals surface area contributed by atoms with Gasteiger partial charge in [-0.05, 0) is 28.9 Å². The fourth-order valence-electron chi connectivity index (χ4n) is 1.16. The molecule has 0 unspecified atom stereocenters. The molecule has 1 fully saturated rings. The molecule has 0 radical (unpaired) electrons. The van der Waals surface area contributed by atoms with E-state index in [1.54, 1.807) is 0 Å². The van der Waals surface area contributed by atoms with E-state index in [4.69, 9.17) is 10.7 Å². The molecule has 1 aliphatic heterocycles. The van der Waals surface area contributed by atoms with Crippen LogP contribution >= 0.6 is 21.8 Å². The monoisotopic (exact) mass is 179 g/mol. The highest BCUT2D eigenvalue weighted by Crippen LogP contribution is 2.33. The first kappa shape index (κ1) is 8.69. The van der Waals surface area contributed by atoms with Crippen molar-refractivity contribution < 1.29 is 0 Å². The third-order valence-electron chi connectivity index (χ3n) is 2.17. The van der Waals surface area contributed by atoms with Crippen LogP contribution in [-0.2, 0) is 0 Å². The summed E-state index contributed by atoms with van der Waals surface area (Å²) in [6, 6.07) is 0. The Morgan fingerprint density at radius 1 is 1.30 bits per heavy atom. The van der Waals surface area contributed by atoms with E-state index in [0.717, 1.165) is 13.1 Å². The van der Waals surface area contributed by atoms with Crippen LogP contribution in [0.2, 0.25) is 0 Å². The van der Waals surface area contributed by atoms with E-state index in [-0.39, 0.29) is 0 Å². The zero-order valence-corrected chi connectivity index (χ0v) is 8.13. The van der Waals surface area contributed by atoms with Crippen LogP contribution in [0.3, 0.4) is 0 Å². The highest BCUT2D eigenvalue weighted by atomic mass is 35.7. The average Bonchev–Trinajstić information content (AvgIpc) is 1.88. The van der Waals surface area contributed by atoms with Crippen LogP contribution in [0.1, 0.15) is 26.7 Å². The van der Waals surface area contributed by atoms with E-state index in [1.807, 2.05) is 0 Å². The van der Waals surface area contributed by atoms with E-state index in [2.05, 4.69) is 18.2 Å².